The van der Waals surface area contributed by atoms with Crippen molar-refractivity contribution in [3.8, 4) is 5.75 Å². The second-order valence-corrected chi connectivity index (χ2v) is 12.0. The van der Waals surface area contributed by atoms with Crippen molar-refractivity contribution in [2.75, 3.05) is 84.5 Å². The average molecular weight is 668 g/mol. The van der Waals surface area contributed by atoms with Crippen LogP contribution < -0.4 is 20.9 Å². The smallest absolute Gasteiger partial charge is 0.252 e. The van der Waals surface area contributed by atoms with Gasteiger partial charge in [0, 0.05) is 42.4 Å². The number of pyridine rings is 1. The minimum Gasteiger partial charge on any atom is -0.492 e. The Morgan fingerprint density at radius 1 is 0.833 bits per heavy atom. The number of benzene rings is 1. The fraction of sp³-hybridized carbons (Fsp3) is 0.600. The van der Waals surface area contributed by atoms with E-state index < -0.39 is 0 Å². The van der Waals surface area contributed by atoms with Gasteiger partial charge in [0.05, 0.1) is 66.0 Å². The fourth-order valence-electron chi connectivity index (χ4n) is 6.35. The molecule has 3 atom stereocenters. The molecule has 2 aromatic heterocycles. The van der Waals surface area contributed by atoms with Crippen LogP contribution in [0.2, 0.25) is 0 Å². The van der Waals surface area contributed by atoms with Crippen LogP contribution in [0, 0.1) is 11.8 Å². The van der Waals surface area contributed by atoms with Crippen molar-refractivity contribution in [3.05, 3.63) is 52.9 Å². The van der Waals surface area contributed by atoms with Gasteiger partial charge < -0.3 is 39.1 Å². The summed E-state index contributed by atoms with van der Waals surface area (Å²) in [7, 11) is 0. The van der Waals surface area contributed by atoms with Crippen LogP contribution in [-0.4, -0.2) is 99.7 Å². The van der Waals surface area contributed by atoms with E-state index in [1.807, 2.05) is 35.8 Å². The van der Waals surface area contributed by atoms with E-state index in [1.54, 1.807) is 18.3 Å². The molecular weight excluding hydrogens is 618 g/mol. The minimum atomic E-state index is -0.0998. The molecule has 13 nitrogen and oxygen atoms in total. The lowest BCUT2D eigenvalue weighted by molar-refractivity contribution is -0.122. The first-order chi connectivity index (χ1) is 23.6. The second-order valence-electron chi connectivity index (χ2n) is 12.0. The maximum atomic E-state index is 12.9. The molecule has 2 heterocycles. The van der Waals surface area contributed by atoms with E-state index in [0.29, 0.717) is 102 Å². The molecule has 2 saturated carbocycles. The molecule has 2 aliphatic carbocycles. The number of nitrogens with zero attached hydrogens (tertiary/aromatic N) is 3. The van der Waals surface area contributed by atoms with Crippen molar-refractivity contribution < 1.29 is 33.2 Å². The zero-order valence-electron chi connectivity index (χ0n) is 27.9. The van der Waals surface area contributed by atoms with Gasteiger partial charge in [0.15, 0.2) is 0 Å². The predicted octanol–water partition coefficient (Wildman–Crippen LogP) is 3.88. The van der Waals surface area contributed by atoms with Gasteiger partial charge in [-0.15, -0.1) is 0 Å². The molecule has 48 heavy (non-hydrogen) atoms. The maximum absolute atomic E-state index is 12.9. The fourth-order valence-corrected chi connectivity index (χ4v) is 6.35. The summed E-state index contributed by atoms with van der Waals surface area (Å²) in [6.45, 7) is 7.74. The number of nitrogens with one attached hydrogen (secondary N) is 2. The first-order valence-electron chi connectivity index (χ1n) is 17.1. The van der Waals surface area contributed by atoms with Crippen LogP contribution in [0.15, 0.2) is 47.4 Å². The van der Waals surface area contributed by atoms with Crippen LogP contribution in [0.3, 0.4) is 0 Å². The van der Waals surface area contributed by atoms with Gasteiger partial charge in [0.1, 0.15) is 18.0 Å². The Balaban J connectivity index is 0.915. The van der Waals surface area contributed by atoms with Crippen LogP contribution in [-0.2, 0) is 28.5 Å². The molecule has 1 amide bonds. The van der Waals surface area contributed by atoms with Gasteiger partial charge in [-0.05, 0) is 68.4 Å². The van der Waals surface area contributed by atoms with Crippen molar-refractivity contribution >= 4 is 28.6 Å². The van der Waals surface area contributed by atoms with Gasteiger partial charge in [-0.3, -0.25) is 14.2 Å². The molecule has 0 spiro atoms. The van der Waals surface area contributed by atoms with Crippen molar-refractivity contribution in [1.82, 2.24) is 19.9 Å². The van der Waals surface area contributed by atoms with E-state index in [0.717, 1.165) is 23.4 Å². The van der Waals surface area contributed by atoms with Crippen LogP contribution >= 0.6 is 0 Å². The highest BCUT2D eigenvalue weighted by atomic mass is 16.6. The molecule has 3 aromatic rings. The van der Waals surface area contributed by atoms with E-state index in [1.165, 1.54) is 19.3 Å². The summed E-state index contributed by atoms with van der Waals surface area (Å²) in [4.78, 5) is 34.3. The molecule has 2 bridgehead atoms. The molecule has 0 aliphatic heterocycles. The maximum Gasteiger partial charge on any atom is 0.252 e. The molecular formula is C35H49N5O8. The highest BCUT2D eigenvalue weighted by molar-refractivity contribution is 5.76. The Kier molecular flexibility index (Phi) is 14.4. The molecule has 3 unspecified atom stereocenters. The Hall–Kier alpha value is -3.62. The normalized spacial score (nSPS) is 18.4. The number of hydrogen-bond donors (Lipinski definition) is 2. The van der Waals surface area contributed by atoms with Crippen LogP contribution in [0.5, 0.6) is 5.75 Å². The number of hydrogen-bond acceptors (Lipinski definition) is 11. The SMILES string of the molecule is CCOCCOCCOCCOCCOCCC(=O)NCCOc1ccc(Nc2ncc3ccc(=O)n(C4CC5CCC4C5)c3n2)cc1. The molecule has 2 N–H and O–H groups in total. The van der Waals surface area contributed by atoms with Gasteiger partial charge in [0.2, 0.25) is 11.9 Å². The van der Waals surface area contributed by atoms with E-state index in [4.69, 9.17) is 33.4 Å². The third-order valence-electron chi connectivity index (χ3n) is 8.67. The highest BCUT2D eigenvalue weighted by Gasteiger charge is 2.41. The molecule has 13 heteroatoms. The third kappa shape index (κ3) is 11.0. The molecule has 2 aliphatic rings. The van der Waals surface area contributed by atoms with Gasteiger partial charge >= 0.3 is 0 Å². The standard InChI is InChI=1S/C35H49N5O8/c1-2-43-15-16-45-19-20-47-22-21-46-18-17-44-13-11-32(41)36-12-14-48-30-8-6-29(7-9-30)38-35-37-25-28-5-10-33(42)40(34(28)39-35)31-24-26-3-4-27(31)23-26/h5-10,25-27,31H,2-4,11-24H2,1H3,(H,36,41)(H,37,38,39). The zero-order valence-corrected chi connectivity index (χ0v) is 27.9. The van der Waals surface area contributed by atoms with Crippen LogP contribution in [0.1, 0.15) is 45.1 Å². The van der Waals surface area contributed by atoms with Crippen molar-refractivity contribution in [2.45, 2.75) is 45.1 Å². The largest absolute Gasteiger partial charge is 0.492 e. The summed E-state index contributed by atoms with van der Waals surface area (Å²) in [5.74, 6) is 2.30. The molecule has 5 rings (SSSR count). The number of ether oxygens (including phenoxy) is 6. The lowest BCUT2D eigenvalue weighted by Crippen LogP contribution is -2.29. The minimum absolute atomic E-state index is 0.00161. The molecule has 262 valence electrons. The topological polar surface area (TPSA) is 144 Å². The summed E-state index contributed by atoms with van der Waals surface area (Å²) >= 11 is 0. The Bertz CT molecular complexity index is 1470. The van der Waals surface area contributed by atoms with Gasteiger partial charge in [-0.25, -0.2) is 4.98 Å². The van der Waals surface area contributed by atoms with E-state index in [-0.39, 0.29) is 23.9 Å². The summed E-state index contributed by atoms with van der Waals surface area (Å²) in [6.07, 6.45) is 6.76. The van der Waals surface area contributed by atoms with Crippen LogP contribution in [0.4, 0.5) is 11.6 Å². The summed E-state index contributed by atoms with van der Waals surface area (Å²) in [5.41, 5.74) is 1.49. The highest BCUT2D eigenvalue weighted by Crippen LogP contribution is 2.50. The molecule has 2 fully saturated rings. The number of amides is 1. The number of aromatic nitrogens is 3. The second kappa shape index (κ2) is 19.4. The molecule has 1 aromatic carbocycles. The quantitative estimate of drug-likeness (QED) is 0.142. The Morgan fingerprint density at radius 3 is 2.17 bits per heavy atom. The molecule has 0 saturated heterocycles. The van der Waals surface area contributed by atoms with E-state index >= 15 is 0 Å². The molecule has 0 radical (unpaired) electrons. The average Bonchev–Trinajstić information content (AvgIpc) is 3.73. The van der Waals surface area contributed by atoms with E-state index in [9.17, 15) is 9.59 Å². The Morgan fingerprint density at radius 2 is 1.52 bits per heavy atom. The monoisotopic (exact) mass is 667 g/mol. The van der Waals surface area contributed by atoms with E-state index in [2.05, 4.69) is 15.6 Å². The number of rotatable bonds is 23. The third-order valence-corrected chi connectivity index (χ3v) is 8.67. The van der Waals surface area contributed by atoms with Gasteiger partial charge in [0.25, 0.3) is 5.56 Å². The predicted molar refractivity (Wildman–Crippen MR) is 181 cm³/mol. The zero-order chi connectivity index (χ0) is 33.4. The lowest BCUT2D eigenvalue weighted by atomic mass is 9.95. The number of carbonyl (C=O) groups is 1. The van der Waals surface area contributed by atoms with Crippen LogP contribution in [0.25, 0.3) is 11.0 Å². The first kappa shape index (κ1) is 35.7. The van der Waals surface area contributed by atoms with Gasteiger partial charge in [-0.1, -0.05) is 6.42 Å². The number of fused-ring (bicyclic) bond motifs is 3. The summed E-state index contributed by atoms with van der Waals surface area (Å²) < 4.78 is 34.6. The van der Waals surface area contributed by atoms with Crippen molar-refractivity contribution in [2.24, 2.45) is 11.8 Å². The first-order valence-corrected chi connectivity index (χ1v) is 17.1. The van der Waals surface area contributed by atoms with Crippen molar-refractivity contribution in [3.63, 3.8) is 0 Å². The number of carbonyl (C=O) groups excluding carboxylic acids is 1. The summed E-state index contributed by atoms with van der Waals surface area (Å²) in [5, 5.41) is 6.95. The number of anilines is 2. The van der Waals surface area contributed by atoms with Crippen molar-refractivity contribution in [1.29, 1.82) is 0 Å². The van der Waals surface area contributed by atoms with Gasteiger partial charge in [-0.2, -0.15) is 4.98 Å². The lowest BCUT2D eigenvalue weighted by Gasteiger charge is -2.25. The Labute approximate surface area is 281 Å². The summed E-state index contributed by atoms with van der Waals surface area (Å²) in [6, 6.07) is 11.1.